The molecule has 1 aliphatic heterocycles. The number of amides is 2. The van der Waals surface area contributed by atoms with Gasteiger partial charge < -0.3 is 20.7 Å². The first-order valence-corrected chi connectivity index (χ1v) is 8.91. The first kappa shape index (κ1) is 16.7. The van der Waals surface area contributed by atoms with Crippen LogP contribution in [0.1, 0.15) is 38.5 Å². The highest BCUT2D eigenvalue weighted by Gasteiger charge is 2.42. The standard InChI is InChI=1S/C17H29N3O3/c1-23-6-5-20-10-13(9-15(20)21)17(22)19-16-11-3-2-4-12(16)8-14(18)7-11/h11-14,16H,2-10,18H2,1H3,(H,19,22). The monoisotopic (exact) mass is 323 g/mol. The van der Waals surface area contributed by atoms with Crippen molar-refractivity contribution in [3.05, 3.63) is 0 Å². The zero-order valence-corrected chi connectivity index (χ0v) is 14.0. The van der Waals surface area contributed by atoms with Gasteiger partial charge in [-0.1, -0.05) is 6.42 Å². The van der Waals surface area contributed by atoms with E-state index in [9.17, 15) is 9.59 Å². The van der Waals surface area contributed by atoms with Crippen LogP contribution >= 0.6 is 0 Å². The van der Waals surface area contributed by atoms with Crippen LogP contribution < -0.4 is 11.1 Å². The minimum absolute atomic E-state index is 0.0515. The molecule has 3 aliphatic rings. The fraction of sp³-hybridized carbons (Fsp3) is 0.882. The molecule has 2 bridgehead atoms. The first-order chi connectivity index (χ1) is 11.1. The van der Waals surface area contributed by atoms with Gasteiger partial charge in [0.25, 0.3) is 0 Å². The van der Waals surface area contributed by atoms with Crippen LogP contribution in [-0.2, 0) is 14.3 Å². The lowest BCUT2D eigenvalue weighted by molar-refractivity contribution is -0.130. The molecule has 23 heavy (non-hydrogen) atoms. The minimum Gasteiger partial charge on any atom is -0.383 e. The lowest BCUT2D eigenvalue weighted by atomic mass is 9.67. The van der Waals surface area contributed by atoms with Crippen LogP contribution in [0.15, 0.2) is 0 Å². The molecule has 3 N–H and O–H groups in total. The highest BCUT2D eigenvalue weighted by Crippen LogP contribution is 2.39. The summed E-state index contributed by atoms with van der Waals surface area (Å²) in [5, 5.41) is 3.28. The molecule has 1 saturated heterocycles. The van der Waals surface area contributed by atoms with Crippen molar-refractivity contribution in [3.63, 3.8) is 0 Å². The van der Waals surface area contributed by atoms with E-state index >= 15 is 0 Å². The number of ether oxygens (including phenoxy) is 1. The molecular weight excluding hydrogens is 294 g/mol. The second-order valence-electron chi connectivity index (χ2n) is 7.45. The Morgan fingerprint density at radius 2 is 2.04 bits per heavy atom. The van der Waals surface area contributed by atoms with Crippen molar-refractivity contribution in [3.8, 4) is 0 Å². The number of rotatable bonds is 5. The zero-order chi connectivity index (χ0) is 16.4. The molecule has 0 aromatic carbocycles. The Bertz CT molecular complexity index is 442. The lowest BCUT2D eigenvalue weighted by Crippen LogP contribution is -2.54. The van der Waals surface area contributed by atoms with Gasteiger partial charge in [-0.3, -0.25) is 9.59 Å². The van der Waals surface area contributed by atoms with Crippen molar-refractivity contribution in [2.24, 2.45) is 23.5 Å². The minimum atomic E-state index is -0.212. The van der Waals surface area contributed by atoms with E-state index in [0.717, 1.165) is 12.8 Å². The maximum absolute atomic E-state index is 12.6. The van der Waals surface area contributed by atoms with Gasteiger partial charge in [-0.05, 0) is 37.5 Å². The molecule has 0 spiro atoms. The maximum atomic E-state index is 12.6. The molecule has 1 heterocycles. The Morgan fingerprint density at radius 3 is 2.70 bits per heavy atom. The average molecular weight is 323 g/mol. The Balaban J connectivity index is 1.56. The van der Waals surface area contributed by atoms with E-state index in [2.05, 4.69) is 5.32 Å². The van der Waals surface area contributed by atoms with Gasteiger partial charge in [0.2, 0.25) is 11.8 Å². The van der Waals surface area contributed by atoms with E-state index in [1.807, 2.05) is 0 Å². The number of carbonyl (C=O) groups is 2. The number of nitrogens with two attached hydrogens (primary N) is 1. The normalized spacial score (nSPS) is 37.0. The van der Waals surface area contributed by atoms with Gasteiger partial charge in [0.05, 0.1) is 12.5 Å². The Hall–Kier alpha value is -1.14. The SMILES string of the molecule is COCCN1CC(C(=O)NC2C3CCCC2CC(N)C3)CC1=O. The number of hydrogen-bond acceptors (Lipinski definition) is 4. The van der Waals surface area contributed by atoms with Crippen LogP contribution in [0.25, 0.3) is 0 Å². The van der Waals surface area contributed by atoms with Crippen molar-refractivity contribution < 1.29 is 14.3 Å². The van der Waals surface area contributed by atoms with Crippen LogP contribution in [-0.4, -0.2) is 55.6 Å². The molecular formula is C17H29N3O3. The third-order valence-corrected chi connectivity index (χ3v) is 5.84. The number of methoxy groups -OCH3 is 1. The molecule has 2 aliphatic carbocycles. The van der Waals surface area contributed by atoms with Gasteiger partial charge in [0.15, 0.2) is 0 Å². The number of hydrogen-bond donors (Lipinski definition) is 2. The fourth-order valence-electron chi connectivity index (χ4n) is 4.67. The third-order valence-electron chi connectivity index (χ3n) is 5.84. The van der Waals surface area contributed by atoms with Crippen molar-refractivity contribution >= 4 is 11.8 Å². The van der Waals surface area contributed by atoms with E-state index in [-0.39, 0.29) is 29.8 Å². The van der Waals surface area contributed by atoms with Crippen LogP contribution in [0.3, 0.4) is 0 Å². The van der Waals surface area contributed by atoms with Crippen LogP contribution in [0, 0.1) is 17.8 Å². The zero-order valence-electron chi connectivity index (χ0n) is 14.0. The quantitative estimate of drug-likeness (QED) is 0.772. The molecule has 3 unspecified atom stereocenters. The Kier molecular flexibility index (Phi) is 5.21. The molecule has 2 saturated carbocycles. The van der Waals surface area contributed by atoms with E-state index in [4.69, 9.17) is 10.5 Å². The highest BCUT2D eigenvalue weighted by atomic mass is 16.5. The van der Waals surface area contributed by atoms with E-state index < -0.39 is 0 Å². The summed E-state index contributed by atoms with van der Waals surface area (Å²) in [7, 11) is 1.62. The number of carbonyl (C=O) groups excluding carboxylic acids is 2. The van der Waals surface area contributed by atoms with Crippen molar-refractivity contribution in [1.82, 2.24) is 10.2 Å². The molecule has 0 aromatic heterocycles. The molecule has 3 atom stereocenters. The maximum Gasteiger partial charge on any atom is 0.225 e. The summed E-state index contributed by atoms with van der Waals surface area (Å²) in [4.78, 5) is 26.4. The number of fused-ring (bicyclic) bond motifs is 2. The van der Waals surface area contributed by atoms with Crippen molar-refractivity contribution in [1.29, 1.82) is 0 Å². The molecule has 130 valence electrons. The highest BCUT2D eigenvalue weighted by molar-refractivity contribution is 5.89. The summed E-state index contributed by atoms with van der Waals surface area (Å²) in [6.45, 7) is 1.61. The van der Waals surface area contributed by atoms with Crippen LogP contribution in [0.4, 0.5) is 0 Å². The third kappa shape index (κ3) is 3.69. The van der Waals surface area contributed by atoms with E-state index in [1.165, 1.54) is 19.3 Å². The summed E-state index contributed by atoms with van der Waals surface area (Å²) in [5.74, 6) is 0.936. The molecule has 0 aromatic rings. The van der Waals surface area contributed by atoms with E-state index in [0.29, 0.717) is 38.0 Å². The average Bonchev–Trinajstić information content (AvgIpc) is 2.87. The predicted octanol–water partition coefficient (Wildman–Crippen LogP) is 0.504. The molecule has 3 rings (SSSR count). The molecule has 6 nitrogen and oxygen atoms in total. The second kappa shape index (κ2) is 7.18. The van der Waals surface area contributed by atoms with Gasteiger partial charge in [0, 0.05) is 38.7 Å². The predicted molar refractivity (Wildman–Crippen MR) is 86.5 cm³/mol. The second-order valence-corrected chi connectivity index (χ2v) is 7.45. The summed E-state index contributed by atoms with van der Waals surface area (Å²) in [5.41, 5.74) is 6.15. The van der Waals surface area contributed by atoms with Crippen LogP contribution in [0.5, 0.6) is 0 Å². The Labute approximate surface area is 138 Å². The van der Waals surface area contributed by atoms with E-state index in [1.54, 1.807) is 12.0 Å². The molecule has 0 radical (unpaired) electrons. The number of likely N-dealkylation sites (tertiary alicyclic amines) is 1. The lowest BCUT2D eigenvalue weighted by Gasteiger charge is -2.45. The smallest absolute Gasteiger partial charge is 0.225 e. The summed E-state index contributed by atoms with van der Waals surface area (Å²) in [6, 6.07) is 0.551. The largest absolute Gasteiger partial charge is 0.383 e. The van der Waals surface area contributed by atoms with Gasteiger partial charge in [0.1, 0.15) is 0 Å². The summed E-state index contributed by atoms with van der Waals surface area (Å²) >= 11 is 0. The summed E-state index contributed by atoms with van der Waals surface area (Å²) < 4.78 is 5.02. The Morgan fingerprint density at radius 1 is 1.35 bits per heavy atom. The van der Waals surface area contributed by atoms with Gasteiger partial charge in [-0.15, -0.1) is 0 Å². The molecule has 6 heteroatoms. The van der Waals surface area contributed by atoms with Crippen molar-refractivity contribution in [2.45, 2.75) is 50.6 Å². The van der Waals surface area contributed by atoms with Crippen LogP contribution in [0.2, 0.25) is 0 Å². The number of nitrogens with zero attached hydrogens (tertiary/aromatic N) is 1. The van der Waals surface area contributed by atoms with Crippen molar-refractivity contribution in [2.75, 3.05) is 26.8 Å². The van der Waals surface area contributed by atoms with Gasteiger partial charge in [-0.2, -0.15) is 0 Å². The van der Waals surface area contributed by atoms with Gasteiger partial charge >= 0.3 is 0 Å². The fourth-order valence-corrected chi connectivity index (χ4v) is 4.67. The molecule has 3 fully saturated rings. The first-order valence-electron chi connectivity index (χ1n) is 8.91. The summed E-state index contributed by atoms with van der Waals surface area (Å²) in [6.07, 6.45) is 5.95. The number of nitrogens with one attached hydrogen (secondary N) is 1. The van der Waals surface area contributed by atoms with Gasteiger partial charge in [-0.25, -0.2) is 0 Å². The molecule has 2 amide bonds. The topological polar surface area (TPSA) is 84.7 Å².